The summed E-state index contributed by atoms with van der Waals surface area (Å²) in [6.07, 6.45) is 1.57. The van der Waals surface area contributed by atoms with Crippen LogP contribution in [-0.2, 0) is 4.79 Å². The number of hydrogen-bond acceptors (Lipinski definition) is 3. The maximum absolute atomic E-state index is 12.3. The first-order chi connectivity index (χ1) is 7.53. The molecule has 0 aromatic carbocycles. The van der Waals surface area contributed by atoms with E-state index in [1.54, 1.807) is 0 Å². The van der Waals surface area contributed by atoms with Crippen LogP contribution in [0.5, 0.6) is 0 Å². The monoisotopic (exact) mass is 226 g/mol. The molecule has 0 aromatic heterocycles. The summed E-state index contributed by atoms with van der Waals surface area (Å²) in [7, 11) is 0. The topological polar surface area (TPSA) is 52.6 Å². The lowest BCUT2D eigenvalue weighted by molar-refractivity contribution is -0.139. The Kier molecular flexibility index (Phi) is 3.22. The van der Waals surface area contributed by atoms with Crippen molar-refractivity contribution in [3.63, 3.8) is 0 Å². The van der Waals surface area contributed by atoms with Gasteiger partial charge in [0.15, 0.2) is 0 Å². The first-order valence-corrected chi connectivity index (χ1v) is 6.21. The molecule has 16 heavy (non-hydrogen) atoms. The summed E-state index contributed by atoms with van der Waals surface area (Å²) in [5.41, 5.74) is -0.215. The van der Waals surface area contributed by atoms with Gasteiger partial charge >= 0.3 is 0 Å². The van der Waals surface area contributed by atoms with Crippen LogP contribution in [0.1, 0.15) is 26.7 Å². The van der Waals surface area contributed by atoms with E-state index < -0.39 is 0 Å². The largest absolute Gasteiger partial charge is 0.393 e. The zero-order valence-corrected chi connectivity index (χ0v) is 10.2. The van der Waals surface area contributed by atoms with Crippen LogP contribution in [0.3, 0.4) is 0 Å². The molecule has 4 heteroatoms. The number of aliphatic hydroxyl groups excluding tert-OH is 1. The van der Waals surface area contributed by atoms with Crippen molar-refractivity contribution in [2.45, 2.75) is 32.8 Å². The number of aliphatic hydroxyl groups is 1. The number of carbonyl (C=O) groups excluding carboxylic acids is 1. The van der Waals surface area contributed by atoms with Crippen LogP contribution >= 0.6 is 0 Å². The normalized spacial score (nSPS) is 36.7. The molecule has 2 aliphatic rings. The Balaban J connectivity index is 1.96. The summed E-state index contributed by atoms with van der Waals surface area (Å²) in [5, 5.41) is 12.8. The third-order valence-corrected chi connectivity index (χ3v) is 4.08. The fourth-order valence-corrected chi connectivity index (χ4v) is 2.75. The maximum Gasteiger partial charge on any atom is 0.229 e. The lowest BCUT2D eigenvalue weighted by Gasteiger charge is -2.28. The predicted octanol–water partition coefficient (Wildman–Crippen LogP) is 0.215. The number of carbonyl (C=O) groups is 1. The van der Waals surface area contributed by atoms with Gasteiger partial charge in [-0.3, -0.25) is 4.79 Å². The van der Waals surface area contributed by atoms with Crippen molar-refractivity contribution in [1.29, 1.82) is 0 Å². The highest BCUT2D eigenvalue weighted by Gasteiger charge is 2.41. The first-order valence-electron chi connectivity index (χ1n) is 6.21. The average molecular weight is 226 g/mol. The maximum atomic E-state index is 12.3. The van der Waals surface area contributed by atoms with E-state index in [9.17, 15) is 9.90 Å². The van der Waals surface area contributed by atoms with Crippen molar-refractivity contribution < 1.29 is 9.90 Å². The highest BCUT2D eigenvalue weighted by molar-refractivity contribution is 5.83. The minimum absolute atomic E-state index is 0.215. The van der Waals surface area contributed by atoms with Gasteiger partial charge in [0.25, 0.3) is 0 Å². The number of amides is 1. The van der Waals surface area contributed by atoms with Crippen LogP contribution in [0, 0.1) is 11.3 Å². The number of likely N-dealkylation sites (tertiary alicyclic amines) is 1. The summed E-state index contributed by atoms with van der Waals surface area (Å²) in [6, 6.07) is 0. The van der Waals surface area contributed by atoms with Crippen LogP contribution in [-0.4, -0.2) is 48.2 Å². The van der Waals surface area contributed by atoms with Gasteiger partial charge in [-0.1, -0.05) is 0 Å². The molecular formula is C12H22N2O2. The van der Waals surface area contributed by atoms with Gasteiger partial charge in [-0.25, -0.2) is 0 Å². The molecule has 0 radical (unpaired) electrons. The lowest BCUT2D eigenvalue weighted by Crippen LogP contribution is -2.42. The summed E-state index contributed by atoms with van der Waals surface area (Å²) < 4.78 is 0. The molecule has 3 atom stereocenters. The molecule has 1 amide bonds. The van der Waals surface area contributed by atoms with Crippen molar-refractivity contribution in [3.8, 4) is 0 Å². The van der Waals surface area contributed by atoms with E-state index in [4.69, 9.17) is 0 Å². The smallest absolute Gasteiger partial charge is 0.229 e. The summed E-state index contributed by atoms with van der Waals surface area (Å²) >= 11 is 0. The van der Waals surface area contributed by atoms with E-state index in [0.29, 0.717) is 0 Å². The summed E-state index contributed by atoms with van der Waals surface area (Å²) in [5.74, 6) is 0.530. The number of rotatable bonds is 2. The predicted molar refractivity (Wildman–Crippen MR) is 62.0 cm³/mol. The minimum atomic E-state index is -0.299. The lowest BCUT2D eigenvalue weighted by atomic mass is 9.88. The Morgan fingerprint density at radius 1 is 1.62 bits per heavy atom. The fraction of sp³-hybridized carbons (Fsp3) is 0.917. The second-order valence-electron chi connectivity index (χ2n) is 5.53. The molecule has 2 fully saturated rings. The van der Waals surface area contributed by atoms with Crippen LogP contribution in [0.25, 0.3) is 0 Å². The van der Waals surface area contributed by atoms with Crippen molar-refractivity contribution in [1.82, 2.24) is 10.2 Å². The molecule has 0 aliphatic carbocycles. The van der Waals surface area contributed by atoms with Gasteiger partial charge in [-0.2, -0.15) is 0 Å². The molecule has 2 saturated heterocycles. The molecule has 2 aliphatic heterocycles. The second-order valence-corrected chi connectivity index (χ2v) is 5.53. The molecule has 0 spiro atoms. The van der Waals surface area contributed by atoms with E-state index in [1.807, 2.05) is 18.7 Å². The van der Waals surface area contributed by atoms with E-state index in [1.165, 1.54) is 0 Å². The Labute approximate surface area is 97.0 Å². The zero-order chi connectivity index (χ0) is 11.8. The minimum Gasteiger partial charge on any atom is -0.393 e. The van der Waals surface area contributed by atoms with E-state index in [-0.39, 0.29) is 23.3 Å². The Morgan fingerprint density at radius 2 is 2.38 bits per heavy atom. The molecule has 2 N–H and O–H groups in total. The first kappa shape index (κ1) is 11.9. The number of nitrogens with zero attached hydrogens (tertiary/aromatic N) is 1. The highest BCUT2D eigenvalue weighted by atomic mass is 16.3. The van der Waals surface area contributed by atoms with Crippen LogP contribution in [0.15, 0.2) is 0 Å². The number of hydrogen-bond donors (Lipinski definition) is 2. The SMILES string of the molecule is CC(O)C1CCN(C(=O)C2(C)CCNC2)C1. The Morgan fingerprint density at radius 3 is 2.88 bits per heavy atom. The third-order valence-electron chi connectivity index (χ3n) is 4.08. The van der Waals surface area contributed by atoms with Crippen LogP contribution in [0.4, 0.5) is 0 Å². The van der Waals surface area contributed by atoms with Crippen LogP contribution in [0.2, 0.25) is 0 Å². The van der Waals surface area contributed by atoms with Gasteiger partial charge < -0.3 is 15.3 Å². The zero-order valence-electron chi connectivity index (χ0n) is 10.2. The molecule has 0 bridgehead atoms. The molecule has 2 heterocycles. The van der Waals surface area contributed by atoms with Crippen molar-refractivity contribution in [2.24, 2.45) is 11.3 Å². The summed E-state index contributed by atoms with van der Waals surface area (Å²) in [4.78, 5) is 14.3. The Bertz CT molecular complexity index is 272. The van der Waals surface area contributed by atoms with E-state index >= 15 is 0 Å². The molecular weight excluding hydrogens is 204 g/mol. The van der Waals surface area contributed by atoms with Gasteiger partial charge in [-0.05, 0) is 33.2 Å². The standard InChI is InChI=1S/C12H22N2O2/c1-9(15)10-3-6-14(7-10)11(16)12(2)4-5-13-8-12/h9-10,13,15H,3-8H2,1-2H3. The third kappa shape index (κ3) is 2.09. The Hall–Kier alpha value is -0.610. The van der Waals surface area contributed by atoms with E-state index in [0.717, 1.165) is 39.0 Å². The second kappa shape index (κ2) is 4.34. The molecule has 0 aromatic rings. The quantitative estimate of drug-likeness (QED) is 0.708. The highest BCUT2D eigenvalue weighted by Crippen LogP contribution is 2.30. The van der Waals surface area contributed by atoms with Gasteiger partial charge in [0.05, 0.1) is 11.5 Å². The average Bonchev–Trinajstić information content (AvgIpc) is 2.85. The van der Waals surface area contributed by atoms with Gasteiger partial charge in [0.1, 0.15) is 0 Å². The van der Waals surface area contributed by atoms with Gasteiger partial charge in [-0.15, -0.1) is 0 Å². The number of nitrogens with one attached hydrogen (secondary N) is 1. The molecule has 4 nitrogen and oxygen atoms in total. The molecule has 92 valence electrons. The van der Waals surface area contributed by atoms with Crippen molar-refractivity contribution in [2.75, 3.05) is 26.2 Å². The van der Waals surface area contributed by atoms with Gasteiger partial charge in [0.2, 0.25) is 5.91 Å². The molecule has 3 unspecified atom stereocenters. The fourth-order valence-electron chi connectivity index (χ4n) is 2.75. The van der Waals surface area contributed by atoms with Crippen molar-refractivity contribution in [3.05, 3.63) is 0 Å². The molecule has 0 saturated carbocycles. The van der Waals surface area contributed by atoms with Crippen LogP contribution < -0.4 is 5.32 Å². The summed E-state index contributed by atoms with van der Waals surface area (Å²) in [6.45, 7) is 7.14. The van der Waals surface area contributed by atoms with Crippen molar-refractivity contribution >= 4 is 5.91 Å². The molecule has 2 rings (SSSR count). The van der Waals surface area contributed by atoms with E-state index in [2.05, 4.69) is 5.32 Å². The van der Waals surface area contributed by atoms with Gasteiger partial charge in [0, 0.05) is 25.6 Å².